The molecule has 0 heterocycles. The van der Waals surface area contributed by atoms with Crippen LogP contribution < -0.4 is 5.32 Å². The molecular formula is C19H33NO3. The van der Waals surface area contributed by atoms with E-state index in [1.165, 1.54) is 31.8 Å². The summed E-state index contributed by atoms with van der Waals surface area (Å²) in [7, 11) is 0. The van der Waals surface area contributed by atoms with Crippen LogP contribution in [-0.4, -0.2) is 25.0 Å². The number of amides is 1. The zero-order valence-electron chi connectivity index (χ0n) is 15.0. The third-order valence-corrected chi connectivity index (χ3v) is 3.30. The summed E-state index contributed by atoms with van der Waals surface area (Å²) in [6.45, 7) is 10.9. The lowest BCUT2D eigenvalue weighted by Crippen LogP contribution is -2.22. The minimum atomic E-state index is -0.393. The molecule has 0 bridgehead atoms. The van der Waals surface area contributed by atoms with E-state index >= 15 is 0 Å². The lowest BCUT2D eigenvalue weighted by molar-refractivity contribution is -0.140. The van der Waals surface area contributed by atoms with Gasteiger partial charge in [0, 0.05) is 12.1 Å². The molecule has 0 radical (unpaired) electrons. The molecule has 0 unspecified atom stereocenters. The van der Waals surface area contributed by atoms with Gasteiger partial charge in [0.2, 0.25) is 5.91 Å². The first-order valence-electron chi connectivity index (χ1n) is 8.76. The first-order valence-corrected chi connectivity index (χ1v) is 8.76. The summed E-state index contributed by atoms with van der Waals surface area (Å²) in [5.41, 5.74) is 0.366. The number of nitrogens with one attached hydrogen (secondary N) is 1. The smallest absolute Gasteiger partial charge is 0.333 e. The van der Waals surface area contributed by atoms with Crippen molar-refractivity contribution in [3.8, 4) is 0 Å². The first kappa shape index (κ1) is 21.4. The van der Waals surface area contributed by atoms with Crippen LogP contribution in [0.1, 0.15) is 65.7 Å². The van der Waals surface area contributed by atoms with Crippen molar-refractivity contribution < 1.29 is 14.3 Å². The largest absolute Gasteiger partial charge is 0.462 e. The van der Waals surface area contributed by atoms with E-state index in [9.17, 15) is 9.59 Å². The predicted octanol–water partition coefficient (Wildman–Crippen LogP) is 4.16. The summed E-state index contributed by atoms with van der Waals surface area (Å²) in [5.74, 6) is -0.215. The van der Waals surface area contributed by atoms with E-state index < -0.39 is 5.97 Å². The van der Waals surface area contributed by atoms with Crippen LogP contribution in [0.3, 0.4) is 0 Å². The molecule has 0 aromatic carbocycles. The average Bonchev–Trinajstić information content (AvgIpc) is 2.51. The molecule has 0 aliphatic heterocycles. The van der Waals surface area contributed by atoms with Crippen molar-refractivity contribution in [2.75, 3.05) is 13.2 Å². The topological polar surface area (TPSA) is 55.4 Å². The summed E-state index contributed by atoms with van der Waals surface area (Å²) in [5, 5.41) is 2.85. The van der Waals surface area contributed by atoms with Gasteiger partial charge >= 0.3 is 5.97 Å². The number of hydrogen-bond acceptors (Lipinski definition) is 3. The Morgan fingerprint density at radius 2 is 1.78 bits per heavy atom. The van der Waals surface area contributed by atoms with Crippen molar-refractivity contribution in [2.45, 2.75) is 65.7 Å². The highest BCUT2D eigenvalue weighted by Crippen LogP contribution is 2.05. The van der Waals surface area contributed by atoms with E-state index in [0.717, 1.165) is 12.8 Å². The molecule has 4 nitrogen and oxygen atoms in total. The fourth-order valence-corrected chi connectivity index (χ4v) is 1.91. The molecule has 0 aliphatic rings. The fourth-order valence-electron chi connectivity index (χ4n) is 1.91. The Labute approximate surface area is 141 Å². The molecule has 132 valence electrons. The number of carbonyl (C=O) groups excluding carboxylic acids is 2. The zero-order valence-corrected chi connectivity index (χ0v) is 15.0. The van der Waals surface area contributed by atoms with Crippen LogP contribution in [-0.2, 0) is 14.3 Å². The van der Waals surface area contributed by atoms with E-state index in [1.54, 1.807) is 6.08 Å². The molecule has 0 fully saturated rings. The van der Waals surface area contributed by atoms with Gasteiger partial charge in [-0.15, -0.1) is 0 Å². The fraction of sp³-hybridized carbons (Fsp3) is 0.684. The maximum atomic E-state index is 11.6. The molecule has 0 aliphatic carbocycles. The second-order valence-electron chi connectivity index (χ2n) is 6.26. The van der Waals surface area contributed by atoms with Crippen LogP contribution in [0.4, 0.5) is 0 Å². The molecular weight excluding hydrogens is 290 g/mol. The number of unbranched alkanes of at least 4 members (excludes halogenated alkanes) is 5. The number of ether oxygens (including phenoxy) is 1. The maximum Gasteiger partial charge on any atom is 0.333 e. The number of allylic oxidation sites excluding steroid dienone is 1. The zero-order chi connectivity index (χ0) is 17.5. The van der Waals surface area contributed by atoms with Gasteiger partial charge in [-0.2, -0.15) is 0 Å². The van der Waals surface area contributed by atoms with Crippen molar-refractivity contribution in [3.63, 3.8) is 0 Å². The van der Waals surface area contributed by atoms with Crippen molar-refractivity contribution in [1.29, 1.82) is 0 Å². The number of carbonyl (C=O) groups is 2. The van der Waals surface area contributed by atoms with Gasteiger partial charge in [-0.25, -0.2) is 4.79 Å². The second kappa shape index (κ2) is 14.0. The SMILES string of the molecule is C=C(CC=CC(=O)NCCCCCCCC)C(=O)OCC(C)C. The Morgan fingerprint density at radius 3 is 2.43 bits per heavy atom. The Kier molecular flexibility index (Phi) is 13.1. The highest BCUT2D eigenvalue weighted by Gasteiger charge is 2.07. The lowest BCUT2D eigenvalue weighted by Gasteiger charge is -2.07. The lowest BCUT2D eigenvalue weighted by atomic mass is 10.1. The number of esters is 1. The van der Waals surface area contributed by atoms with Gasteiger partial charge in [0.25, 0.3) is 0 Å². The second-order valence-corrected chi connectivity index (χ2v) is 6.26. The predicted molar refractivity (Wildman–Crippen MR) is 95.1 cm³/mol. The van der Waals surface area contributed by atoms with Crippen molar-refractivity contribution in [1.82, 2.24) is 5.32 Å². The van der Waals surface area contributed by atoms with Crippen molar-refractivity contribution in [2.24, 2.45) is 5.92 Å². The van der Waals surface area contributed by atoms with Crippen LogP contribution in [0.15, 0.2) is 24.3 Å². The van der Waals surface area contributed by atoms with Gasteiger partial charge in [-0.1, -0.05) is 65.5 Å². The van der Waals surface area contributed by atoms with Crippen LogP contribution in [0, 0.1) is 5.92 Å². The highest BCUT2D eigenvalue weighted by molar-refractivity contribution is 5.89. The molecule has 0 aromatic rings. The minimum absolute atomic E-state index is 0.123. The van der Waals surface area contributed by atoms with Crippen molar-refractivity contribution >= 4 is 11.9 Å². The van der Waals surface area contributed by atoms with Crippen LogP contribution in [0.2, 0.25) is 0 Å². The molecule has 4 heteroatoms. The van der Waals surface area contributed by atoms with E-state index in [2.05, 4.69) is 18.8 Å². The van der Waals surface area contributed by atoms with Crippen molar-refractivity contribution in [3.05, 3.63) is 24.3 Å². The number of rotatable bonds is 13. The summed E-state index contributed by atoms with van der Waals surface area (Å²) in [6.07, 6.45) is 10.7. The van der Waals surface area contributed by atoms with Crippen LogP contribution in [0.25, 0.3) is 0 Å². The van der Waals surface area contributed by atoms with E-state index in [0.29, 0.717) is 31.1 Å². The molecule has 0 saturated heterocycles. The first-order chi connectivity index (χ1) is 11.0. The Bertz CT molecular complexity index is 386. The third kappa shape index (κ3) is 13.8. The molecule has 1 amide bonds. The van der Waals surface area contributed by atoms with E-state index in [4.69, 9.17) is 4.74 Å². The molecule has 0 aromatic heterocycles. The van der Waals surface area contributed by atoms with Crippen LogP contribution in [0.5, 0.6) is 0 Å². The van der Waals surface area contributed by atoms with E-state index in [-0.39, 0.29) is 5.91 Å². The molecule has 23 heavy (non-hydrogen) atoms. The summed E-state index contributed by atoms with van der Waals surface area (Å²) in [4.78, 5) is 23.2. The van der Waals surface area contributed by atoms with Gasteiger partial charge in [0.05, 0.1) is 6.61 Å². The highest BCUT2D eigenvalue weighted by atomic mass is 16.5. The Balaban J connectivity index is 3.71. The molecule has 0 spiro atoms. The third-order valence-electron chi connectivity index (χ3n) is 3.30. The summed E-state index contributed by atoms with van der Waals surface area (Å²) in [6, 6.07) is 0. The standard InChI is InChI=1S/C19H33NO3/c1-5-6-7-8-9-10-14-20-18(21)13-11-12-17(4)19(22)23-15-16(2)3/h11,13,16H,4-10,12,14-15H2,1-3H3,(H,20,21). The van der Waals surface area contributed by atoms with E-state index in [1.807, 2.05) is 13.8 Å². The van der Waals surface area contributed by atoms with Gasteiger partial charge in [0.1, 0.15) is 0 Å². The molecule has 1 N–H and O–H groups in total. The number of hydrogen-bond donors (Lipinski definition) is 1. The quantitative estimate of drug-likeness (QED) is 0.314. The summed E-state index contributed by atoms with van der Waals surface area (Å²) >= 11 is 0. The van der Waals surface area contributed by atoms with Crippen LogP contribution >= 0.6 is 0 Å². The van der Waals surface area contributed by atoms with Gasteiger partial charge in [-0.05, 0) is 24.8 Å². The Morgan fingerprint density at radius 1 is 1.13 bits per heavy atom. The normalized spacial score (nSPS) is 11.0. The Hall–Kier alpha value is -1.58. The molecule has 0 saturated carbocycles. The van der Waals surface area contributed by atoms with Gasteiger partial charge in [-0.3, -0.25) is 4.79 Å². The monoisotopic (exact) mass is 323 g/mol. The minimum Gasteiger partial charge on any atom is -0.462 e. The average molecular weight is 323 g/mol. The van der Waals surface area contributed by atoms with Gasteiger partial charge in [0.15, 0.2) is 0 Å². The van der Waals surface area contributed by atoms with Gasteiger partial charge < -0.3 is 10.1 Å². The summed E-state index contributed by atoms with van der Waals surface area (Å²) < 4.78 is 5.07. The molecule has 0 atom stereocenters. The molecule has 0 rings (SSSR count). The maximum absolute atomic E-state index is 11.6.